The lowest BCUT2D eigenvalue weighted by molar-refractivity contribution is -0.144. The Morgan fingerprint density at radius 2 is 1.69 bits per heavy atom. The number of phenols is 1. The number of rotatable bonds is 6. The number of ether oxygens (including phenoxy) is 1. The summed E-state index contributed by atoms with van der Waals surface area (Å²) < 4.78 is 19.5. The molecule has 0 radical (unpaired) electrons. The summed E-state index contributed by atoms with van der Waals surface area (Å²) in [5.41, 5.74) is 1.48. The molecule has 264 valence electrons. The third kappa shape index (κ3) is 5.20. The van der Waals surface area contributed by atoms with Crippen molar-refractivity contribution in [1.82, 2.24) is 9.80 Å². The van der Waals surface area contributed by atoms with E-state index in [2.05, 4.69) is 17.0 Å². The Hall–Kier alpha value is -4.54. The SMILES string of the molecule is COc1ccc([C@H]2C3=CC[C@@H]4C(=O)N(C5CCN(Cc6ccccc6)CC5)C(=O)[C@@H]4[C@@H]3C[C@H]3C(=O)N(c4ccc(F)c(Cl)c4)C(=O)[C@@]23C)cc1O. The standard InChI is InChI=1S/C40H39ClFN3O6/c1-40-29(37(48)45(39(40)50)25-9-12-31(42)30(41)19-25)20-28-26(35(40)23-8-13-33(51-2)32(46)18-23)10-11-27-34(28)38(49)44(36(27)47)24-14-16-43(17-15-24)21-22-6-4-3-5-7-22/h3-10,12-13,18-19,24,27-29,34-35,46H,11,14-17,20-21H2,1-2H3/t27-,28+,29-,34-,35-,40+/m0/s1. The third-order valence-electron chi connectivity index (χ3n) is 12.2. The van der Waals surface area contributed by atoms with Crippen molar-refractivity contribution in [2.24, 2.45) is 29.1 Å². The molecule has 3 aromatic rings. The van der Waals surface area contributed by atoms with Gasteiger partial charge in [-0.2, -0.15) is 0 Å². The van der Waals surface area contributed by atoms with Crippen molar-refractivity contribution in [2.75, 3.05) is 25.1 Å². The number of nitrogens with zero attached hydrogens (tertiary/aromatic N) is 3. The largest absolute Gasteiger partial charge is 0.504 e. The molecule has 0 unspecified atom stereocenters. The minimum absolute atomic E-state index is 0.123. The number of hydrogen-bond donors (Lipinski definition) is 1. The van der Waals surface area contributed by atoms with Crippen LogP contribution in [0.2, 0.25) is 5.02 Å². The van der Waals surface area contributed by atoms with Crippen LogP contribution in [-0.4, -0.2) is 64.8 Å². The fourth-order valence-electron chi connectivity index (χ4n) is 9.71. The van der Waals surface area contributed by atoms with Crippen molar-refractivity contribution in [1.29, 1.82) is 0 Å². The van der Waals surface area contributed by atoms with Gasteiger partial charge < -0.3 is 9.84 Å². The van der Waals surface area contributed by atoms with Gasteiger partial charge in [0.05, 0.1) is 41.0 Å². The maximum absolute atomic E-state index is 14.6. The van der Waals surface area contributed by atoms with Crippen molar-refractivity contribution in [2.45, 2.75) is 51.1 Å². The van der Waals surface area contributed by atoms with Crippen LogP contribution >= 0.6 is 11.6 Å². The van der Waals surface area contributed by atoms with Crippen molar-refractivity contribution in [3.05, 3.63) is 100 Å². The zero-order valence-corrected chi connectivity index (χ0v) is 29.2. The van der Waals surface area contributed by atoms with Gasteiger partial charge in [-0.05, 0) is 80.0 Å². The van der Waals surface area contributed by atoms with E-state index >= 15 is 0 Å². The van der Waals surface area contributed by atoms with Gasteiger partial charge in [0.2, 0.25) is 23.6 Å². The van der Waals surface area contributed by atoms with Gasteiger partial charge in [0, 0.05) is 31.6 Å². The zero-order chi connectivity index (χ0) is 35.8. The van der Waals surface area contributed by atoms with E-state index in [4.69, 9.17) is 16.3 Å². The molecule has 11 heteroatoms. The highest BCUT2D eigenvalue weighted by molar-refractivity contribution is 6.31. The quantitative estimate of drug-likeness (QED) is 0.244. The highest BCUT2D eigenvalue weighted by Crippen LogP contribution is 2.64. The summed E-state index contributed by atoms with van der Waals surface area (Å²) in [5, 5.41) is 10.7. The second-order valence-electron chi connectivity index (χ2n) is 14.7. The number of carbonyl (C=O) groups is 4. The Morgan fingerprint density at radius 1 is 0.941 bits per heavy atom. The number of benzene rings is 3. The van der Waals surface area contributed by atoms with E-state index in [1.165, 1.54) is 29.7 Å². The van der Waals surface area contributed by atoms with Crippen molar-refractivity contribution < 1.29 is 33.4 Å². The first-order chi connectivity index (χ1) is 24.5. The highest BCUT2D eigenvalue weighted by atomic mass is 35.5. The predicted octanol–water partition coefficient (Wildman–Crippen LogP) is 6.09. The monoisotopic (exact) mass is 711 g/mol. The van der Waals surface area contributed by atoms with Gasteiger partial charge in [-0.15, -0.1) is 0 Å². The van der Waals surface area contributed by atoms with Gasteiger partial charge in [-0.3, -0.25) is 29.0 Å². The summed E-state index contributed by atoms with van der Waals surface area (Å²) in [4.78, 5) is 62.6. The normalized spacial score (nSPS) is 29.6. The van der Waals surface area contributed by atoms with E-state index in [1.807, 2.05) is 24.3 Å². The minimum Gasteiger partial charge on any atom is -0.504 e. The number of amides is 4. The first-order valence-electron chi connectivity index (χ1n) is 17.6. The molecule has 3 heterocycles. The lowest BCUT2D eigenvalue weighted by atomic mass is 9.51. The molecule has 9 nitrogen and oxygen atoms in total. The summed E-state index contributed by atoms with van der Waals surface area (Å²) in [6.45, 7) is 4.10. The molecule has 1 saturated carbocycles. The summed E-state index contributed by atoms with van der Waals surface area (Å²) in [6.07, 6.45) is 3.89. The molecule has 5 aliphatic rings. The Bertz CT molecular complexity index is 1980. The third-order valence-corrected chi connectivity index (χ3v) is 12.5. The van der Waals surface area contributed by atoms with Crippen molar-refractivity contribution in [3.63, 3.8) is 0 Å². The van der Waals surface area contributed by atoms with E-state index in [1.54, 1.807) is 25.1 Å². The number of anilines is 1. The molecule has 51 heavy (non-hydrogen) atoms. The number of carbonyl (C=O) groups excluding carboxylic acids is 4. The van der Waals surface area contributed by atoms with Gasteiger partial charge in [0.25, 0.3) is 0 Å². The number of likely N-dealkylation sites (tertiary alicyclic amines) is 2. The maximum Gasteiger partial charge on any atom is 0.241 e. The van der Waals surface area contributed by atoms with Crippen LogP contribution < -0.4 is 9.64 Å². The van der Waals surface area contributed by atoms with Gasteiger partial charge in [0.15, 0.2) is 11.5 Å². The van der Waals surface area contributed by atoms with E-state index < -0.39 is 52.6 Å². The average molecular weight is 712 g/mol. The lowest BCUT2D eigenvalue weighted by Gasteiger charge is -2.49. The molecule has 8 rings (SSSR count). The van der Waals surface area contributed by atoms with Gasteiger partial charge >= 0.3 is 0 Å². The fraction of sp³-hybridized carbons (Fsp3) is 0.400. The number of allylic oxidation sites excluding steroid dienone is 2. The summed E-state index contributed by atoms with van der Waals surface area (Å²) in [6, 6.07) is 18.7. The Balaban J connectivity index is 1.13. The van der Waals surface area contributed by atoms with E-state index in [0.717, 1.165) is 36.2 Å². The molecule has 1 N–H and O–H groups in total. The smallest absolute Gasteiger partial charge is 0.241 e. The molecule has 0 bridgehead atoms. The van der Waals surface area contributed by atoms with Crippen molar-refractivity contribution >= 4 is 40.9 Å². The first-order valence-corrected chi connectivity index (χ1v) is 17.9. The predicted molar refractivity (Wildman–Crippen MR) is 187 cm³/mol. The number of halogens is 2. The van der Waals surface area contributed by atoms with Crippen LogP contribution in [0.1, 0.15) is 49.7 Å². The molecular formula is C40H39ClFN3O6. The second-order valence-corrected chi connectivity index (χ2v) is 15.1. The van der Waals surface area contributed by atoms with Gasteiger partial charge in [-0.25, -0.2) is 9.29 Å². The van der Waals surface area contributed by atoms with E-state index in [-0.39, 0.29) is 46.5 Å². The molecule has 2 aliphatic carbocycles. The molecular weight excluding hydrogens is 673 g/mol. The number of methoxy groups -OCH3 is 1. The number of hydrogen-bond acceptors (Lipinski definition) is 7. The van der Waals surface area contributed by atoms with Gasteiger partial charge in [0.1, 0.15) is 5.82 Å². The van der Waals surface area contributed by atoms with Crippen LogP contribution in [-0.2, 0) is 25.7 Å². The van der Waals surface area contributed by atoms with Crippen LogP contribution in [0.15, 0.2) is 78.4 Å². The topological polar surface area (TPSA) is 107 Å². The van der Waals surface area contributed by atoms with Crippen LogP contribution in [0.3, 0.4) is 0 Å². The molecule has 3 saturated heterocycles. The zero-order valence-electron chi connectivity index (χ0n) is 28.4. The van der Waals surface area contributed by atoms with Crippen LogP contribution in [0, 0.1) is 34.9 Å². The molecule has 3 aliphatic heterocycles. The molecule has 6 atom stereocenters. The molecule has 0 aromatic heterocycles. The van der Waals surface area contributed by atoms with E-state index in [0.29, 0.717) is 24.8 Å². The number of aromatic hydroxyl groups is 1. The molecule has 4 amide bonds. The van der Waals surface area contributed by atoms with Crippen molar-refractivity contribution in [3.8, 4) is 11.5 Å². The Morgan fingerprint density at radius 3 is 2.37 bits per heavy atom. The highest BCUT2D eigenvalue weighted by Gasteiger charge is 2.68. The summed E-state index contributed by atoms with van der Waals surface area (Å²) >= 11 is 6.11. The van der Waals surface area contributed by atoms with Crippen LogP contribution in [0.5, 0.6) is 11.5 Å². The molecule has 0 spiro atoms. The van der Waals surface area contributed by atoms with Crippen LogP contribution in [0.4, 0.5) is 10.1 Å². The first kappa shape index (κ1) is 33.6. The van der Waals surface area contributed by atoms with Crippen LogP contribution in [0.25, 0.3) is 0 Å². The summed E-state index contributed by atoms with van der Waals surface area (Å²) in [5.74, 6) is -5.11. The molecule has 3 aromatic carbocycles. The van der Waals surface area contributed by atoms with E-state index in [9.17, 15) is 28.7 Å². The number of imide groups is 2. The number of fused-ring (bicyclic) bond motifs is 4. The van der Waals surface area contributed by atoms with Gasteiger partial charge in [-0.1, -0.05) is 59.6 Å². The summed E-state index contributed by atoms with van der Waals surface area (Å²) in [7, 11) is 1.44. The Kier molecular flexibility index (Phi) is 8.30. The maximum atomic E-state index is 14.6. The number of piperidine rings is 1. The second kappa shape index (κ2) is 12.6. The number of phenolic OH excluding ortho intramolecular Hbond substituents is 1. The minimum atomic E-state index is -1.31. The lowest BCUT2D eigenvalue weighted by Crippen LogP contribution is -2.49. The average Bonchev–Trinajstić information content (AvgIpc) is 3.49. The Labute approximate surface area is 300 Å². The molecule has 4 fully saturated rings. The fourth-order valence-corrected chi connectivity index (χ4v) is 9.89.